The van der Waals surface area contributed by atoms with Crippen LogP contribution in [0.25, 0.3) is 0 Å². The van der Waals surface area contributed by atoms with Crippen molar-refractivity contribution in [3.05, 3.63) is 0 Å². The Labute approximate surface area is 128 Å². The van der Waals surface area contributed by atoms with E-state index in [4.69, 9.17) is 14.2 Å². The molecule has 124 valence electrons. The van der Waals surface area contributed by atoms with Crippen LogP contribution in [-0.2, 0) is 23.8 Å². The minimum atomic E-state index is -0.842. The lowest BCUT2D eigenvalue weighted by atomic mass is 9.93. The number of hydrogen-bond acceptors (Lipinski definition) is 5. The molecule has 0 amide bonds. The van der Waals surface area contributed by atoms with Crippen LogP contribution in [0.1, 0.15) is 54.4 Å². The fraction of sp³-hybridized carbons (Fsp3) is 0.875. The summed E-state index contributed by atoms with van der Waals surface area (Å²) in [5.41, 5.74) is -1.68. The van der Waals surface area contributed by atoms with Gasteiger partial charge in [-0.25, -0.2) is 0 Å². The number of carbonyl (C=O) groups excluding carboxylic acids is 2. The van der Waals surface area contributed by atoms with Gasteiger partial charge in [-0.1, -0.05) is 13.8 Å². The van der Waals surface area contributed by atoms with Crippen LogP contribution in [0.4, 0.5) is 0 Å². The molecule has 21 heavy (non-hydrogen) atoms. The predicted octanol–water partition coefficient (Wildman–Crippen LogP) is 2.96. The first-order valence-electron chi connectivity index (χ1n) is 7.59. The molecule has 5 nitrogen and oxygen atoms in total. The van der Waals surface area contributed by atoms with Gasteiger partial charge in [0.25, 0.3) is 0 Å². The quantitative estimate of drug-likeness (QED) is 0.353. The van der Waals surface area contributed by atoms with Crippen LogP contribution in [0.3, 0.4) is 0 Å². The Balaban J connectivity index is 4.43. The van der Waals surface area contributed by atoms with Crippen LogP contribution in [0.5, 0.6) is 0 Å². The zero-order valence-corrected chi connectivity index (χ0v) is 14.3. The summed E-state index contributed by atoms with van der Waals surface area (Å²) in [7, 11) is 0. The Hall–Kier alpha value is -0.940. The number of rotatable bonds is 10. The normalized spacial score (nSPS) is 12.3. The van der Waals surface area contributed by atoms with Gasteiger partial charge in [0, 0.05) is 13.2 Å². The molecule has 0 aromatic heterocycles. The van der Waals surface area contributed by atoms with E-state index < -0.39 is 22.8 Å². The molecule has 0 N–H and O–H groups in total. The smallest absolute Gasteiger partial charge is 0.321 e. The third kappa shape index (κ3) is 7.58. The number of ether oxygens (including phenoxy) is 3. The maximum absolute atomic E-state index is 12.1. The molecule has 0 spiro atoms. The first-order chi connectivity index (χ1) is 9.67. The standard InChI is InChI=1S/C16H30O5/c1-7-9-19-11-15(3,4)13(17)21-14(18)16(5,6)12-20-10-8-2/h7-12H2,1-6H3. The van der Waals surface area contributed by atoms with Crippen LogP contribution in [-0.4, -0.2) is 38.4 Å². The van der Waals surface area contributed by atoms with Crippen molar-refractivity contribution in [3.63, 3.8) is 0 Å². The molecule has 0 atom stereocenters. The molecule has 0 saturated carbocycles. The molecule has 0 heterocycles. The van der Waals surface area contributed by atoms with Gasteiger partial charge in [-0.3, -0.25) is 9.59 Å². The second-order valence-electron chi connectivity index (χ2n) is 6.55. The maximum Gasteiger partial charge on any atom is 0.321 e. The van der Waals surface area contributed by atoms with E-state index in [1.807, 2.05) is 13.8 Å². The van der Waals surface area contributed by atoms with Gasteiger partial charge in [0.2, 0.25) is 0 Å². The van der Waals surface area contributed by atoms with Crippen LogP contribution >= 0.6 is 0 Å². The fourth-order valence-corrected chi connectivity index (χ4v) is 1.42. The van der Waals surface area contributed by atoms with Gasteiger partial charge in [0.1, 0.15) is 0 Å². The maximum atomic E-state index is 12.1. The molecule has 0 unspecified atom stereocenters. The van der Waals surface area contributed by atoms with Gasteiger partial charge in [-0.2, -0.15) is 0 Å². The number of esters is 2. The summed E-state index contributed by atoms with van der Waals surface area (Å²) in [5, 5.41) is 0. The average molecular weight is 302 g/mol. The van der Waals surface area contributed by atoms with Gasteiger partial charge < -0.3 is 14.2 Å². The molecular weight excluding hydrogens is 272 g/mol. The van der Waals surface area contributed by atoms with Gasteiger partial charge >= 0.3 is 11.9 Å². The first kappa shape index (κ1) is 20.1. The minimum Gasteiger partial charge on any atom is -0.392 e. The van der Waals surface area contributed by atoms with Crippen molar-refractivity contribution < 1.29 is 23.8 Å². The minimum absolute atomic E-state index is 0.236. The lowest BCUT2D eigenvalue weighted by Gasteiger charge is -2.26. The molecule has 0 rings (SSSR count). The van der Waals surface area contributed by atoms with Gasteiger partial charge in [-0.05, 0) is 40.5 Å². The van der Waals surface area contributed by atoms with Crippen molar-refractivity contribution in [2.45, 2.75) is 54.4 Å². The highest BCUT2D eigenvalue weighted by Gasteiger charge is 2.37. The van der Waals surface area contributed by atoms with Gasteiger partial charge in [0.05, 0.1) is 24.0 Å². The van der Waals surface area contributed by atoms with Crippen molar-refractivity contribution in [3.8, 4) is 0 Å². The van der Waals surface area contributed by atoms with E-state index in [0.29, 0.717) is 13.2 Å². The topological polar surface area (TPSA) is 61.8 Å². The SMILES string of the molecule is CCCOCC(C)(C)C(=O)OC(=O)C(C)(C)COCCC. The monoisotopic (exact) mass is 302 g/mol. The Morgan fingerprint density at radius 3 is 1.38 bits per heavy atom. The summed E-state index contributed by atoms with van der Waals surface area (Å²) in [5.74, 6) is -1.13. The van der Waals surface area contributed by atoms with E-state index >= 15 is 0 Å². The molecule has 0 aliphatic carbocycles. The Bertz CT molecular complexity index is 302. The fourth-order valence-electron chi connectivity index (χ4n) is 1.42. The summed E-state index contributed by atoms with van der Waals surface area (Å²) in [6.07, 6.45) is 1.76. The summed E-state index contributed by atoms with van der Waals surface area (Å²) in [4.78, 5) is 24.2. The summed E-state index contributed by atoms with van der Waals surface area (Å²) < 4.78 is 15.8. The molecular formula is C16H30O5. The molecule has 0 saturated heterocycles. The van der Waals surface area contributed by atoms with Crippen molar-refractivity contribution in [2.24, 2.45) is 10.8 Å². The van der Waals surface area contributed by atoms with E-state index in [9.17, 15) is 9.59 Å². The van der Waals surface area contributed by atoms with E-state index in [1.54, 1.807) is 27.7 Å². The lowest BCUT2D eigenvalue weighted by molar-refractivity contribution is -0.175. The molecule has 0 aromatic carbocycles. The van der Waals surface area contributed by atoms with E-state index in [1.165, 1.54) is 0 Å². The molecule has 0 bridgehead atoms. The summed E-state index contributed by atoms with van der Waals surface area (Å²) >= 11 is 0. The Morgan fingerprint density at radius 1 is 0.762 bits per heavy atom. The molecule has 0 aliphatic heterocycles. The predicted molar refractivity (Wildman–Crippen MR) is 80.9 cm³/mol. The Kier molecular flexibility index (Phi) is 8.74. The molecule has 0 radical (unpaired) electrons. The zero-order valence-electron chi connectivity index (χ0n) is 14.3. The lowest BCUT2D eigenvalue weighted by Crippen LogP contribution is -2.39. The van der Waals surface area contributed by atoms with Crippen LogP contribution in [0.2, 0.25) is 0 Å². The average Bonchev–Trinajstić information content (AvgIpc) is 2.38. The van der Waals surface area contributed by atoms with Crippen molar-refractivity contribution in [2.75, 3.05) is 26.4 Å². The highest BCUT2D eigenvalue weighted by atomic mass is 16.6. The summed E-state index contributed by atoms with van der Waals surface area (Å²) in [6.45, 7) is 12.5. The molecule has 0 aliphatic rings. The highest BCUT2D eigenvalue weighted by Crippen LogP contribution is 2.23. The first-order valence-corrected chi connectivity index (χ1v) is 7.59. The number of hydrogen-bond donors (Lipinski definition) is 0. The van der Waals surface area contributed by atoms with E-state index in [-0.39, 0.29) is 13.2 Å². The second kappa shape index (κ2) is 9.15. The molecule has 0 aromatic rings. The largest absolute Gasteiger partial charge is 0.392 e. The van der Waals surface area contributed by atoms with E-state index in [2.05, 4.69) is 0 Å². The van der Waals surface area contributed by atoms with Gasteiger partial charge in [-0.15, -0.1) is 0 Å². The highest BCUT2D eigenvalue weighted by molar-refractivity contribution is 5.91. The van der Waals surface area contributed by atoms with Crippen molar-refractivity contribution in [1.82, 2.24) is 0 Å². The van der Waals surface area contributed by atoms with E-state index in [0.717, 1.165) is 12.8 Å². The molecule has 5 heteroatoms. The van der Waals surface area contributed by atoms with Crippen LogP contribution in [0, 0.1) is 10.8 Å². The third-order valence-electron chi connectivity index (χ3n) is 2.91. The van der Waals surface area contributed by atoms with Crippen LogP contribution in [0.15, 0.2) is 0 Å². The van der Waals surface area contributed by atoms with Gasteiger partial charge in [0.15, 0.2) is 0 Å². The second-order valence-corrected chi connectivity index (χ2v) is 6.55. The molecule has 0 fully saturated rings. The number of carbonyl (C=O) groups is 2. The van der Waals surface area contributed by atoms with Crippen molar-refractivity contribution in [1.29, 1.82) is 0 Å². The Morgan fingerprint density at radius 2 is 1.10 bits per heavy atom. The summed E-state index contributed by atoms with van der Waals surface area (Å²) in [6, 6.07) is 0. The zero-order chi connectivity index (χ0) is 16.5. The van der Waals surface area contributed by atoms with Crippen LogP contribution < -0.4 is 0 Å². The van der Waals surface area contributed by atoms with Crippen molar-refractivity contribution >= 4 is 11.9 Å². The third-order valence-corrected chi connectivity index (χ3v) is 2.91.